The van der Waals surface area contributed by atoms with Gasteiger partial charge in [0.1, 0.15) is 17.0 Å². The highest BCUT2D eigenvalue weighted by Crippen LogP contribution is 2.45. The number of carbonyl (C=O) groups excluding carboxylic acids is 4. The number of hydrogen-bond acceptors (Lipinski definition) is 7. The van der Waals surface area contributed by atoms with Crippen LogP contribution in [0.2, 0.25) is 20.1 Å². The summed E-state index contributed by atoms with van der Waals surface area (Å²) in [6, 6.07) is 3.44. The van der Waals surface area contributed by atoms with Crippen molar-refractivity contribution in [2.75, 3.05) is 6.61 Å². The first kappa shape index (κ1) is 44.0. The van der Waals surface area contributed by atoms with Crippen LogP contribution in [-0.4, -0.2) is 45.7 Å². The molecule has 0 radical (unpaired) electrons. The monoisotopic (exact) mass is 792 g/mol. The minimum absolute atomic E-state index is 0.0362. The maximum atomic E-state index is 13.1. The summed E-state index contributed by atoms with van der Waals surface area (Å²) in [7, 11) is -1.47. The van der Waals surface area contributed by atoms with Gasteiger partial charge in [0.15, 0.2) is 0 Å². The van der Waals surface area contributed by atoms with Gasteiger partial charge in [-0.1, -0.05) is 125 Å². The average molecular weight is 795 g/mol. The molecule has 0 saturated heterocycles. The number of halogens is 4. The molecule has 0 aromatic heterocycles. The van der Waals surface area contributed by atoms with Gasteiger partial charge in [0.25, 0.3) is 11.8 Å². The third kappa shape index (κ3) is 9.81. The molecule has 1 aliphatic heterocycles. The number of nitrogens with one attached hydrogen (secondary N) is 1. The van der Waals surface area contributed by atoms with E-state index in [1.54, 1.807) is 6.92 Å². The number of nitrogens with zero attached hydrogens (tertiary/aromatic N) is 1. The van der Waals surface area contributed by atoms with E-state index in [1.165, 1.54) is 0 Å². The predicted molar refractivity (Wildman–Crippen MR) is 200 cm³/mol. The van der Waals surface area contributed by atoms with E-state index in [1.807, 2.05) is 60.6 Å². The SMILES string of the molecule is CC(C)C(C(=O)ON1C(=O)c2c(Cl)c(Cl)c(Cl)c(Cl)c2C1=O)C(C)C.CCOC(=O)[C@@H](NS(=O)c1c(C)cc(C)cc1C)C(C(C)C)C(C)C. The molecule has 2 amide bonds. The van der Waals surface area contributed by atoms with Gasteiger partial charge in [-0.3, -0.25) is 14.4 Å². The van der Waals surface area contributed by atoms with Crippen LogP contribution < -0.4 is 4.72 Å². The number of fused-ring (bicyclic) bond motifs is 1. The van der Waals surface area contributed by atoms with Crippen molar-refractivity contribution in [1.82, 2.24) is 9.79 Å². The Balaban J connectivity index is 0.000000347. The van der Waals surface area contributed by atoms with Crippen LogP contribution in [0.3, 0.4) is 0 Å². The highest BCUT2D eigenvalue weighted by atomic mass is 35.5. The topological polar surface area (TPSA) is 119 Å². The molecule has 0 bridgehead atoms. The zero-order valence-electron chi connectivity index (χ0n) is 30.6. The van der Waals surface area contributed by atoms with Crippen molar-refractivity contribution in [3.05, 3.63) is 60.0 Å². The third-order valence-electron chi connectivity index (χ3n) is 8.44. The first-order valence-corrected chi connectivity index (χ1v) is 19.1. The molecule has 0 aliphatic carbocycles. The van der Waals surface area contributed by atoms with Crippen LogP contribution in [0.25, 0.3) is 0 Å². The summed E-state index contributed by atoms with van der Waals surface area (Å²) >= 11 is 23.9. The van der Waals surface area contributed by atoms with Gasteiger partial charge in [-0.15, -0.1) is 0 Å². The fraction of sp³-hybridized carbons (Fsp3) is 0.556. The van der Waals surface area contributed by atoms with E-state index in [0.717, 1.165) is 21.6 Å². The van der Waals surface area contributed by atoms with Crippen molar-refractivity contribution >= 4 is 81.1 Å². The number of carbonyl (C=O) groups is 4. The van der Waals surface area contributed by atoms with Crippen LogP contribution in [-0.2, 0) is 30.1 Å². The van der Waals surface area contributed by atoms with Crippen molar-refractivity contribution in [2.24, 2.45) is 35.5 Å². The Labute approximate surface area is 318 Å². The molecule has 0 fully saturated rings. The van der Waals surface area contributed by atoms with Crippen molar-refractivity contribution < 1.29 is 33.0 Å². The van der Waals surface area contributed by atoms with Gasteiger partial charge in [-0.05, 0) is 68.4 Å². The lowest BCUT2D eigenvalue weighted by Gasteiger charge is -2.32. The number of esters is 1. The first-order chi connectivity index (χ1) is 23.1. The van der Waals surface area contributed by atoms with Crippen LogP contribution in [0.15, 0.2) is 17.0 Å². The summed E-state index contributed by atoms with van der Waals surface area (Å²) in [4.78, 5) is 55.9. The predicted octanol–water partition coefficient (Wildman–Crippen LogP) is 9.37. The lowest BCUT2D eigenvalue weighted by Crippen LogP contribution is -2.48. The second-order valence-corrected chi connectivity index (χ2v) is 16.4. The van der Waals surface area contributed by atoms with Gasteiger partial charge in [0, 0.05) is 0 Å². The van der Waals surface area contributed by atoms with Crippen LogP contribution in [0.4, 0.5) is 0 Å². The molecule has 2 aromatic carbocycles. The number of amides is 2. The fourth-order valence-corrected chi connectivity index (χ4v) is 8.88. The number of imide groups is 1. The van der Waals surface area contributed by atoms with E-state index in [2.05, 4.69) is 32.4 Å². The number of aryl methyl sites for hydroxylation is 3. The van der Waals surface area contributed by atoms with E-state index >= 15 is 0 Å². The van der Waals surface area contributed by atoms with E-state index in [0.29, 0.717) is 11.7 Å². The van der Waals surface area contributed by atoms with Crippen LogP contribution >= 0.6 is 46.4 Å². The van der Waals surface area contributed by atoms with Crippen molar-refractivity contribution in [1.29, 1.82) is 0 Å². The third-order valence-corrected chi connectivity index (χ3v) is 11.7. The van der Waals surface area contributed by atoms with E-state index in [-0.39, 0.29) is 66.8 Å². The number of hydrogen-bond donors (Lipinski definition) is 1. The molecule has 0 spiro atoms. The highest BCUT2D eigenvalue weighted by molar-refractivity contribution is 7.83. The van der Waals surface area contributed by atoms with Crippen LogP contribution in [0, 0.1) is 56.3 Å². The molecule has 1 heterocycles. The Morgan fingerprint density at radius 3 is 1.52 bits per heavy atom. The largest absolute Gasteiger partial charge is 0.465 e. The summed E-state index contributed by atoms with van der Waals surface area (Å²) in [6.07, 6.45) is 0. The van der Waals surface area contributed by atoms with E-state index in [4.69, 9.17) is 56.0 Å². The second-order valence-electron chi connectivity index (χ2n) is 13.7. The van der Waals surface area contributed by atoms with Gasteiger partial charge >= 0.3 is 11.9 Å². The lowest BCUT2D eigenvalue weighted by atomic mass is 9.80. The Morgan fingerprint density at radius 2 is 1.16 bits per heavy atom. The molecule has 2 aromatic rings. The average Bonchev–Trinajstić information content (AvgIpc) is 3.22. The Kier molecular flexibility index (Phi) is 16.3. The standard InChI is InChI=1S/C20H33NO3S.C16H15Cl4NO4/c1-9-24-20(22)18(17(12(2)3)13(4)5)21-25(23)19-15(7)10-14(6)11-16(19)8;1-5(2)7(6(3)4)16(24)25-21-14(22)8-9(15(21)23)11(18)13(20)12(19)10(8)17/h10-13,17-18,21H,9H2,1-8H3;5-7H,1-4H3/t18-,25?;/m0./s1. The molecule has 14 heteroatoms. The summed E-state index contributed by atoms with van der Waals surface area (Å²) in [5.41, 5.74) is 2.61. The van der Waals surface area contributed by atoms with Crippen molar-refractivity contribution in [3.8, 4) is 0 Å². The van der Waals surface area contributed by atoms with Crippen LogP contribution in [0.5, 0.6) is 0 Å². The smallest absolute Gasteiger partial charge is 0.336 e. The Morgan fingerprint density at radius 1 is 0.740 bits per heavy atom. The molecule has 1 aliphatic rings. The quantitative estimate of drug-likeness (QED) is 0.0985. The molecule has 278 valence electrons. The van der Waals surface area contributed by atoms with Gasteiger partial charge in [0.05, 0.1) is 48.6 Å². The molecular weight excluding hydrogens is 746 g/mol. The maximum absolute atomic E-state index is 13.1. The number of ether oxygens (including phenoxy) is 1. The normalized spacial score (nSPS) is 14.2. The minimum Gasteiger partial charge on any atom is -0.465 e. The molecule has 0 saturated carbocycles. The van der Waals surface area contributed by atoms with E-state index < -0.39 is 40.7 Å². The molecule has 50 heavy (non-hydrogen) atoms. The van der Waals surface area contributed by atoms with Crippen molar-refractivity contribution in [3.63, 3.8) is 0 Å². The number of hydroxylamine groups is 2. The summed E-state index contributed by atoms with van der Waals surface area (Å²) in [6.45, 7) is 23.8. The number of benzene rings is 2. The maximum Gasteiger partial charge on any atom is 0.336 e. The molecule has 9 nitrogen and oxygen atoms in total. The van der Waals surface area contributed by atoms with Crippen LogP contribution in [0.1, 0.15) is 99.7 Å². The minimum atomic E-state index is -1.47. The Hall–Kier alpha value is -2.21. The summed E-state index contributed by atoms with van der Waals surface area (Å²) in [5, 5.41) is -0.374. The molecular formula is C36H48Cl4N2O7S. The van der Waals surface area contributed by atoms with E-state index in [9.17, 15) is 23.4 Å². The zero-order valence-corrected chi connectivity index (χ0v) is 34.5. The highest BCUT2D eigenvalue weighted by Gasteiger charge is 2.45. The van der Waals surface area contributed by atoms with Gasteiger partial charge in [0.2, 0.25) is 0 Å². The zero-order chi connectivity index (χ0) is 38.5. The van der Waals surface area contributed by atoms with Gasteiger partial charge in [-0.2, -0.15) is 0 Å². The number of rotatable bonds is 12. The molecule has 1 N–H and O–H groups in total. The summed E-state index contributed by atoms with van der Waals surface area (Å²) in [5.74, 6) is -2.86. The van der Waals surface area contributed by atoms with Crippen molar-refractivity contribution in [2.45, 2.75) is 94.0 Å². The molecule has 2 atom stereocenters. The molecule has 3 rings (SSSR count). The molecule has 1 unspecified atom stereocenters. The van der Waals surface area contributed by atoms with Gasteiger partial charge in [-0.25, -0.2) is 13.7 Å². The lowest BCUT2D eigenvalue weighted by molar-refractivity contribution is -0.177. The summed E-state index contributed by atoms with van der Waals surface area (Å²) < 4.78 is 21.4. The van der Waals surface area contributed by atoms with Gasteiger partial charge < -0.3 is 9.57 Å². The Bertz CT molecular complexity index is 1560. The fourth-order valence-electron chi connectivity index (χ4n) is 6.57. The first-order valence-electron chi connectivity index (χ1n) is 16.5. The second kappa shape index (κ2) is 18.5.